The molecule has 1 aliphatic carbocycles. The van der Waals surface area contributed by atoms with E-state index in [2.05, 4.69) is 41.1 Å². The van der Waals surface area contributed by atoms with Crippen molar-refractivity contribution in [2.45, 2.75) is 51.0 Å². The summed E-state index contributed by atoms with van der Waals surface area (Å²) >= 11 is 18.6. The predicted octanol–water partition coefficient (Wildman–Crippen LogP) is 7.13. The third-order valence-corrected chi connectivity index (χ3v) is 7.02. The summed E-state index contributed by atoms with van der Waals surface area (Å²) in [5, 5.41) is 12.5. The van der Waals surface area contributed by atoms with E-state index in [1.54, 1.807) is 0 Å². The average molecular weight is 448 g/mol. The summed E-state index contributed by atoms with van der Waals surface area (Å²) < 4.78 is 0. The molecule has 29 heavy (non-hydrogen) atoms. The highest BCUT2D eigenvalue weighted by atomic mass is 35.5. The van der Waals surface area contributed by atoms with Gasteiger partial charge in [-0.3, -0.25) is 0 Å². The Morgan fingerprint density at radius 3 is 2.66 bits per heavy atom. The van der Waals surface area contributed by atoms with Crippen molar-refractivity contribution in [2.75, 3.05) is 17.2 Å². The average Bonchev–Trinajstić information content (AvgIpc) is 2.72. The van der Waals surface area contributed by atoms with Gasteiger partial charge in [-0.25, -0.2) is 0 Å². The molecule has 0 bridgehead atoms. The number of halogens is 2. The van der Waals surface area contributed by atoms with Gasteiger partial charge in [-0.1, -0.05) is 49.0 Å². The van der Waals surface area contributed by atoms with Crippen LogP contribution in [0, 0.1) is 5.92 Å². The first kappa shape index (κ1) is 20.8. The summed E-state index contributed by atoms with van der Waals surface area (Å²) in [6, 6.07) is 12.4. The molecule has 3 unspecified atom stereocenters. The highest BCUT2D eigenvalue weighted by Gasteiger charge is 2.40. The van der Waals surface area contributed by atoms with Crippen LogP contribution in [-0.4, -0.2) is 11.7 Å². The minimum absolute atomic E-state index is 0.139. The first-order valence-corrected chi connectivity index (χ1v) is 11.6. The summed E-state index contributed by atoms with van der Waals surface area (Å²) in [6.45, 7) is 3.01. The van der Waals surface area contributed by atoms with Crippen LogP contribution in [0.25, 0.3) is 0 Å². The van der Waals surface area contributed by atoms with Crippen LogP contribution in [0.3, 0.4) is 0 Å². The van der Waals surface area contributed by atoms with Gasteiger partial charge in [-0.05, 0) is 79.2 Å². The number of nitrogens with one attached hydrogen (secondary N) is 3. The molecule has 2 aromatic carbocycles. The van der Waals surface area contributed by atoms with Crippen molar-refractivity contribution in [3.8, 4) is 0 Å². The summed E-state index contributed by atoms with van der Waals surface area (Å²) in [7, 11) is 0. The lowest BCUT2D eigenvalue weighted by Gasteiger charge is -2.44. The molecule has 0 radical (unpaired) electrons. The lowest BCUT2D eigenvalue weighted by atomic mass is 9.68. The smallest absolute Gasteiger partial charge is 0.170 e. The van der Waals surface area contributed by atoms with E-state index in [9.17, 15) is 0 Å². The minimum Gasteiger partial charge on any atom is -0.378 e. The Labute approximate surface area is 188 Å². The van der Waals surface area contributed by atoms with Gasteiger partial charge in [-0.15, -0.1) is 0 Å². The fourth-order valence-corrected chi connectivity index (χ4v) is 5.66. The zero-order valence-corrected chi connectivity index (χ0v) is 18.9. The third kappa shape index (κ3) is 4.35. The summed E-state index contributed by atoms with van der Waals surface area (Å²) in [4.78, 5) is 0. The molecule has 6 heteroatoms. The minimum atomic E-state index is 0.139. The number of fused-ring (bicyclic) bond motifs is 3. The molecular weight excluding hydrogens is 421 g/mol. The normalized spacial score (nSPS) is 22.8. The zero-order valence-electron chi connectivity index (χ0n) is 16.6. The molecule has 2 aliphatic rings. The maximum absolute atomic E-state index is 6.59. The highest BCUT2D eigenvalue weighted by molar-refractivity contribution is 7.80. The van der Waals surface area contributed by atoms with Crippen molar-refractivity contribution >= 4 is 51.9 Å². The van der Waals surface area contributed by atoms with Gasteiger partial charge in [0.2, 0.25) is 0 Å². The van der Waals surface area contributed by atoms with Crippen molar-refractivity contribution in [3.63, 3.8) is 0 Å². The number of thiocarbonyl (C=S) groups is 1. The summed E-state index contributed by atoms with van der Waals surface area (Å²) in [6.07, 6.45) is 5.93. The highest BCUT2D eigenvalue weighted by Crippen LogP contribution is 2.53. The molecule has 1 heterocycles. The molecule has 4 rings (SSSR count). The van der Waals surface area contributed by atoms with Crippen LogP contribution in [0.5, 0.6) is 0 Å². The molecule has 3 atom stereocenters. The lowest BCUT2D eigenvalue weighted by molar-refractivity contribution is 0.266. The molecule has 0 saturated heterocycles. The molecule has 0 amide bonds. The molecule has 2 aromatic rings. The molecule has 3 N–H and O–H groups in total. The SMILES string of the molecule is CCCNC(=S)Nc1ccc2c(c1)C1CCCCC1C(c1c(Cl)cccc1Cl)N2. The first-order valence-electron chi connectivity index (χ1n) is 10.5. The molecule has 1 saturated carbocycles. The number of rotatable bonds is 4. The van der Waals surface area contributed by atoms with E-state index in [-0.39, 0.29) is 6.04 Å². The monoisotopic (exact) mass is 447 g/mol. The number of hydrogen-bond donors (Lipinski definition) is 3. The van der Waals surface area contributed by atoms with Crippen LogP contribution in [-0.2, 0) is 0 Å². The second kappa shape index (κ2) is 9.11. The fourth-order valence-electron chi connectivity index (χ4n) is 4.81. The first-order chi connectivity index (χ1) is 14.1. The predicted molar refractivity (Wildman–Crippen MR) is 128 cm³/mol. The van der Waals surface area contributed by atoms with E-state index in [0.717, 1.165) is 34.3 Å². The Balaban J connectivity index is 1.66. The van der Waals surface area contributed by atoms with Crippen molar-refractivity contribution in [1.82, 2.24) is 5.32 Å². The van der Waals surface area contributed by atoms with Gasteiger partial charge in [0.1, 0.15) is 0 Å². The van der Waals surface area contributed by atoms with Crippen LogP contribution in [0.2, 0.25) is 10.0 Å². The van der Waals surface area contributed by atoms with Gasteiger partial charge in [-0.2, -0.15) is 0 Å². The van der Waals surface area contributed by atoms with Crippen LogP contribution in [0.1, 0.15) is 62.1 Å². The Morgan fingerprint density at radius 1 is 1.14 bits per heavy atom. The van der Waals surface area contributed by atoms with Crippen LogP contribution >= 0.6 is 35.4 Å². The second-order valence-electron chi connectivity index (χ2n) is 8.00. The van der Waals surface area contributed by atoms with Crippen LogP contribution < -0.4 is 16.0 Å². The topological polar surface area (TPSA) is 36.1 Å². The van der Waals surface area contributed by atoms with Gasteiger partial charge in [0.05, 0.1) is 6.04 Å². The van der Waals surface area contributed by atoms with Gasteiger partial charge in [0.25, 0.3) is 0 Å². The number of anilines is 2. The van der Waals surface area contributed by atoms with Gasteiger partial charge in [0.15, 0.2) is 5.11 Å². The third-order valence-electron chi connectivity index (χ3n) is 6.11. The number of benzene rings is 2. The summed E-state index contributed by atoms with van der Waals surface area (Å²) in [5.41, 5.74) is 4.62. The largest absolute Gasteiger partial charge is 0.378 e. The summed E-state index contributed by atoms with van der Waals surface area (Å²) in [5.74, 6) is 0.977. The van der Waals surface area contributed by atoms with Crippen molar-refractivity contribution < 1.29 is 0 Å². The number of hydrogen-bond acceptors (Lipinski definition) is 2. The molecule has 3 nitrogen and oxygen atoms in total. The van der Waals surface area contributed by atoms with Crippen molar-refractivity contribution in [1.29, 1.82) is 0 Å². The van der Waals surface area contributed by atoms with Crippen molar-refractivity contribution in [2.24, 2.45) is 5.92 Å². The van der Waals surface area contributed by atoms with Crippen LogP contribution in [0.4, 0.5) is 11.4 Å². The lowest BCUT2D eigenvalue weighted by Crippen LogP contribution is -2.34. The molecule has 1 fully saturated rings. The Bertz CT molecular complexity index is 881. The molecular formula is C23H27Cl2N3S. The molecule has 0 spiro atoms. The van der Waals surface area contributed by atoms with E-state index in [1.165, 1.54) is 36.9 Å². The molecule has 1 aliphatic heterocycles. The van der Waals surface area contributed by atoms with Gasteiger partial charge in [0, 0.05) is 33.5 Å². The van der Waals surface area contributed by atoms with Crippen LogP contribution in [0.15, 0.2) is 36.4 Å². The molecule has 0 aromatic heterocycles. The van der Waals surface area contributed by atoms with Gasteiger partial charge >= 0.3 is 0 Å². The zero-order chi connectivity index (χ0) is 20.4. The second-order valence-corrected chi connectivity index (χ2v) is 9.22. The van der Waals surface area contributed by atoms with Crippen molar-refractivity contribution in [3.05, 3.63) is 57.6 Å². The van der Waals surface area contributed by atoms with E-state index >= 15 is 0 Å². The Kier molecular flexibility index (Phi) is 6.53. The van der Waals surface area contributed by atoms with E-state index in [1.807, 2.05) is 18.2 Å². The fraction of sp³-hybridized carbons (Fsp3) is 0.435. The molecule has 154 valence electrons. The van der Waals surface area contributed by atoms with E-state index < -0.39 is 0 Å². The Morgan fingerprint density at radius 2 is 1.90 bits per heavy atom. The maximum atomic E-state index is 6.59. The van der Waals surface area contributed by atoms with E-state index in [0.29, 0.717) is 16.9 Å². The maximum Gasteiger partial charge on any atom is 0.170 e. The van der Waals surface area contributed by atoms with E-state index in [4.69, 9.17) is 35.4 Å². The Hall–Kier alpha value is -1.49. The van der Waals surface area contributed by atoms with Gasteiger partial charge < -0.3 is 16.0 Å². The standard InChI is InChI=1S/C23H27Cl2N3S/c1-2-12-26-23(29)27-14-10-11-20-17(13-14)15-6-3-4-7-16(15)22(28-20)21-18(24)8-5-9-19(21)25/h5,8-11,13,15-16,22,28H,2-4,6-7,12H2,1H3,(H2,26,27,29). The quantitative estimate of drug-likeness (QED) is 0.435.